The van der Waals surface area contributed by atoms with E-state index in [4.69, 9.17) is 4.74 Å². The SMILES string of the molecule is CC(=O)NCCNC(=O)C(C)OCc1ccccc1. The van der Waals surface area contributed by atoms with Crippen molar-refractivity contribution >= 4 is 11.8 Å². The Morgan fingerprint density at radius 1 is 1.16 bits per heavy atom. The van der Waals surface area contributed by atoms with Crippen molar-refractivity contribution in [3.05, 3.63) is 35.9 Å². The van der Waals surface area contributed by atoms with Crippen molar-refractivity contribution in [2.45, 2.75) is 26.6 Å². The van der Waals surface area contributed by atoms with E-state index in [0.717, 1.165) is 5.56 Å². The minimum Gasteiger partial charge on any atom is -0.364 e. The van der Waals surface area contributed by atoms with Crippen LogP contribution in [-0.4, -0.2) is 31.0 Å². The number of benzene rings is 1. The molecule has 2 amide bonds. The molecule has 0 saturated heterocycles. The van der Waals surface area contributed by atoms with Gasteiger partial charge in [0.2, 0.25) is 11.8 Å². The minimum absolute atomic E-state index is 0.109. The number of ether oxygens (including phenoxy) is 1. The first-order chi connectivity index (χ1) is 9.09. The molecule has 1 atom stereocenters. The molecule has 0 aliphatic carbocycles. The van der Waals surface area contributed by atoms with Gasteiger partial charge in [-0.1, -0.05) is 30.3 Å². The van der Waals surface area contributed by atoms with Gasteiger partial charge >= 0.3 is 0 Å². The van der Waals surface area contributed by atoms with Crippen LogP contribution in [0.25, 0.3) is 0 Å². The molecule has 0 spiro atoms. The first-order valence-corrected chi connectivity index (χ1v) is 6.27. The fourth-order valence-corrected chi connectivity index (χ4v) is 1.44. The first kappa shape index (κ1) is 15.2. The van der Waals surface area contributed by atoms with E-state index in [-0.39, 0.29) is 11.8 Å². The predicted molar refractivity (Wildman–Crippen MR) is 72.4 cm³/mol. The van der Waals surface area contributed by atoms with Crippen LogP contribution in [-0.2, 0) is 20.9 Å². The topological polar surface area (TPSA) is 67.4 Å². The monoisotopic (exact) mass is 264 g/mol. The third kappa shape index (κ3) is 6.57. The maximum Gasteiger partial charge on any atom is 0.248 e. The summed E-state index contributed by atoms with van der Waals surface area (Å²) in [6.07, 6.45) is -0.516. The quantitative estimate of drug-likeness (QED) is 0.717. The number of hydrogen-bond acceptors (Lipinski definition) is 3. The molecule has 1 aromatic carbocycles. The Morgan fingerprint density at radius 2 is 1.79 bits per heavy atom. The van der Waals surface area contributed by atoms with Crippen LogP contribution in [0.1, 0.15) is 19.4 Å². The second kappa shape index (κ2) is 8.26. The van der Waals surface area contributed by atoms with E-state index >= 15 is 0 Å². The van der Waals surface area contributed by atoms with Gasteiger partial charge in [0.15, 0.2) is 0 Å². The summed E-state index contributed by atoms with van der Waals surface area (Å²) in [7, 11) is 0. The van der Waals surface area contributed by atoms with Crippen molar-refractivity contribution < 1.29 is 14.3 Å². The molecule has 1 unspecified atom stereocenters. The second-order valence-corrected chi connectivity index (χ2v) is 4.21. The summed E-state index contributed by atoms with van der Waals surface area (Å²) in [5.74, 6) is -0.288. The van der Waals surface area contributed by atoms with Gasteiger partial charge in [-0.05, 0) is 12.5 Å². The van der Waals surface area contributed by atoms with E-state index in [0.29, 0.717) is 19.7 Å². The standard InChI is InChI=1S/C14H20N2O3/c1-11(14(18)16-9-8-15-12(2)17)19-10-13-6-4-3-5-7-13/h3-7,11H,8-10H2,1-2H3,(H,15,17)(H,16,18). The minimum atomic E-state index is -0.516. The summed E-state index contributed by atoms with van der Waals surface area (Å²) in [6.45, 7) is 4.37. The van der Waals surface area contributed by atoms with Crippen molar-refractivity contribution in [3.63, 3.8) is 0 Å². The molecule has 0 fully saturated rings. The number of nitrogens with one attached hydrogen (secondary N) is 2. The molecule has 19 heavy (non-hydrogen) atoms. The number of carbonyl (C=O) groups is 2. The molecule has 5 heteroatoms. The Balaban J connectivity index is 2.20. The summed E-state index contributed by atoms with van der Waals surface area (Å²) in [6, 6.07) is 9.68. The molecule has 0 heterocycles. The molecule has 0 aromatic heterocycles. The normalized spacial score (nSPS) is 11.7. The lowest BCUT2D eigenvalue weighted by molar-refractivity contribution is -0.132. The highest BCUT2D eigenvalue weighted by molar-refractivity contribution is 5.80. The van der Waals surface area contributed by atoms with Crippen LogP contribution in [0.15, 0.2) is 30.3 Å². The van der Waals surface area contributed by atoms with Crippen LogP contribution in [0.3, 0.4) is 0 Å². The average molecular weight is 264 g/mol. The van der Waals surface area contributed by atoms with Crippen molar-refractivity contribution in [2.75, 3.05) is 13.1 Å². The van der Waals surface area contributed by atoms with E-state index in [2.05, 4.69) is 10.6 Å². The largest absolute Gasteiger partial charge is 0.364 e. The van der Waals surface area contributed by atoms with Crippen LogP contribution in [0.4, 0.5) is 0 Å². The zero-order chi connectivity index (χ0) is 14.1. The van der Waals surface area contributed by atoms with Crippen LogP contribution in [0.2, 0.25) is 0 Å². The van der Waals surface area contributed by atoms with E-state index in [1.807, 2.05) is 30.3 Å². The zero-order valence-electron chi connectivity index (χ0n) is 11.3. The van der Waals surface area contributed by atoms with E-state index in [1.54, 1.807) is 6.92 Å². The average Bonchev–Trinajstić information content (AvgIpc) is 2.41. The molecule has 0 aliphatic rings. The second-order valence-electron chi connectivity index (χ2n) is 4.21. The molecule has 104 valence electrons. The van der Waals surface area contributed by atoms with Crippen molar-refractivity contribution in [2.24, 2.45) is 0 Å². The number of amides is 2. The van der Waals surface area contributed by atoms with Gasteiger partial charge in [0.05, 0.1) is 6.61 Å². The molecule has 1 rings (SSSR count). The maximum absolute atomic E-state index is 11.7. The molecule has 1 aromatic rings. The molecule has 0 bridgehead atoms. The Hall–Kier alpha value is -1.88. The molecule has 2 N–H and O–H groups in total. The Bertz CT molecular complexity index is 406. The van der Waals surface area contributed by atoms with Gasteiger partial charge in [0.25, 0.3) is 0 Å². The van der Waals surface area contributed by atoms with Gasteiger partial charge in [-0.3, -0.25) is 9.59 Å². The predicted octanol–water partition coefficient (Wildman–Crippen LogP) is 0.844. The Kier molecular flexibility index (Phi) is 6.60. The summed E-state index contributed by atoms with van der Waals surface area (Å²) in [4.78, 5) is 22.3. The van der Waals surface area contributed by atoms with Crippen LogP contribution < -0.4 is 10.6 Å². The Morgan fingerprint density at radius 3 is 2.42 bits per heavy atom. The lowest BCUT2D eigenvalue weighted by Crippen LogP contribution is -2.39. The van der Waals surface area contributed by atoms with E-state index in [1.165, 1.54) is 6.92 Å². The van der Waals surface area contributed by atoms with Gasteiger partial charge in [0.1, 0.15) is 6.10 Å². The summed E-state index contributed by atoms with van der Waals surface area (Å²) < 4.78 is 5.47. The maximum atomic E-state index is 11.7. The highest BCUT2D eigenvalue weighted by atomic mass is 16.5. The van der Waals surface area contributed by atoms with Crippen LogP contribution in [0, 0.1) is 0 Å². The van der Waals surface area contributed by atoms with Gasteiger partial charge in [-0.25, -0.2) is 0 Å². The molecule has 0 aliphatic heterocycles. The fourth-order valence-electron chi connectivity index (χ4n) is 1.44. The van der Waals surface area contributed by atoms with E-state index < -0.39 is 6.10 Å². The smallest absolute Gasteiger partial charge is 0.248 e. The van der Waals surface area contributed by atoms with Crippen LogP contribution in [0.5, 0.6) is 0 Å². The summed E-state index contributed by atoms with van der Waals surface area (Å²) in [5.41, 5.74) is 1.03. The van der Waals surface area contributed by atoms with Gasteiger partial charge in [0, 0.05) is 20.0 Å². The van der Waals surface area contributed by atoms with Crippen molar-refractivity contribution in [1.29, 1.82) is 0 Å². The number of carbonyl (C=O) groups excluding carboxylic acids is 2. The molecular weight excluding hydrogens is 244 g/mol. The Labute approximate surface area is 113 Å². The fraction of sp³-hybridized carbons (Fsp3) is 0.429. The van der Waals surface area contributed by atoms with Gasteiger partial charge in [-0.15, -0.1) is 0 Å². The number of rotatable bonds is 7. The first-order valence-electron chi connectivity index (χ1n) is 6.27. The van der Waals surface area contributed by atoms with Gasteiger partial charge < -0.3 is 15.4 Å². The molecular formula is C14H20N2O3. The summed E-state index contributed by atoms with van der Waals surface area (Å²) in [5, 5.41) is 5.30. The van der Waals surface area contributed by atoms with Crippen molar-refractivity contribution in [3.8, 4) is 0 Å². The summed E-state index contributed by atoms with van der Waals surface area (Å²) >= 11 is 0. The molecule has 5 nitrogen and oxygen atoms in total. The lowest BCUT2D eigenvalue weighted by Gasteiger charge is -2.13. The third-order valence-electron chi connectivity index (χ3n) is 2.51. The highest BCUT2D eigenvalue weighted by Gasteiger charge is 2.12. The van der Waals surface area contributed by atoms with Crippen molar-refractivity contribution in [1.82, 2.24) is 10.6 Å². The third-order valence-corrected chi connectivity index (χ3v) is 2.51. The van der Waals surface area contributed by atoms with E-state index in [9.17, 15) is 9.59 Å². The lowest BCUT2D eigenvalue weighted by atomic mass is 10.2. The van der Waals surface area contributed by atoms with Gasteiger partial charge in [-0.2, -0.15) is 0 Å². The molecule has 0 radical (unpaired) electrons. The zero-order valence-corrected chi connectivity index (χ0v) is 11.3. The molecule has 0 saturated carbocycles. The van der Waals surface area contributed by atoms with Crippen LogP contribution >= 0.6 is 0 Å². The number of hydrogen-bond donors (Lipinski definition) is 2. The highest BCUT2D eigenvalue weighted by Crippen LogP contribution is 2.03.